The number of hydrogen-bond donors (Lipinski definition) is 1. The molecule has 108 valence electrons. The van der Waals surface area contributed by atoms with E-state index in [1.54, 1.807) is 30.3 Å². The molecule has 0 fully saturated rings. The van der Waals surface area contributed by atoms with Gasteiger partial charge in [-0.2, -0.15) is 0 Å². The number of halogens is 1. The molecular formula is C16H15FN2O2. The zero-order valence-corrected chi connectivity index (χ0v) is 11.5. The third kappa shape index (κ3) is 4.14. The van der Waals surface area contributed by atoms with E-state index >= 15 is 0 Å². The van der Waals surface area contributed by atoms with Gasteiger partial charge in [0.2, 0.25) is 0 Å². The molecule has 0 aliphatic rings. The van der Waals surface area contributed by atoms with Crippen LogP contribution >= 0.6 is 0 Å². The summed E-state index contributed by atoms with van der Waals surface area (Å²) in [5.41, 5.74) is 1.78. The highest BCUT2D eigenvalue weighted by Crippen LogP contribution is 2.21. The summed E-state index contributed by atoms with van der Waals surface area (Å²) in [6.07, 6.45) is 4.03. The lowest BCUT2D eigenvalue weighted by molar-refractivity contribution is -0.131. The van der Waals surface area contributed by atoms with Crippen LogP contribution < -0.4 is 4.90 Å². The van der Waals surface area contributed by atoms with E-state index in [0.29, 0.717) is 17.8 Å². The summed E-state index contributed by atoms with van der Waals surface area (Å²) in [5, 5.41) is 8.56. The molecule has 2 rings (SSSR count). The Morgan fingerprint density at radius 3 is 2.81 bits per heavy atom. The molecule has 0 unspecified atom stereocenters. The molecule has 0 aliphatic heterocycles. The van der Waals surface area contributed by atoms with Gasteiger partial charge >= 0.3 is 5.97 Å². The second-order valence-electron chi connectivity index (χ2n) is 4.56. The number of nitrogens with zero attached hydrogens (tertiary/aromatic N) is 2. The molecule has 0 saturated heterocycles. The number of anilines is 1. The molecule has 0 radical (unpaired) electrons. The van der Waals surface area contributed by atoms with Crippen LogP contribution in [0.4, 0.5) is 10.1 Å². The van der Waals surface area contributed by atoms with Crippen molar-refractivity contribution in [2.75, 3.05) is 11.9 Å². The molecule has 1 heterocycles. The van der Waals surface area contributed by atoms with Gasteiger partial charge in [0.25, 0.3) is 0 Å². The third-order valence-electron chi connectivity index (χ3n) is 2.93. The highest BCUT2D eigenvalue weighted by atomic mass is 19.1. The second kappa shape index (κ2) is 6.65. The van der Waals surface area contributed by atoms with Crippen LogP contribution in [0.1, 0.15) is 11.3 Å². The van der Waals surface area contributed by atoms with Gasteiger partial charge < -0.3 is 10.0 Å². The summed E-state index contributed by atoms with van der Waals surface area (Å²) in [4.78, 5) is 16.4. The van der Waals surface area contributed by atoms with E-state index in [9.17, 15) is 9.18 Å². The van der Waals surface area contributed by atoms with Crippen molar-refractivity contribution in [3.8, 4) is 0 Å². The minimum Gasteiger partial charge on any atom is -0.478 e. The van der Waals surface area contributed by atoms with Crippen LogP contribution in [0.15, 0.2) is 48.7 Å². The number of rotatable bonds is 5. The van der Waals surface area contributed by atoms with Crippen LogP contribution in [-0.2, 0) is 11.3 Å². The molecule has 1 N–H and O–H groups in total. The average molecular weight is 286 g/mol. The molecule has 21 heavy (non-hydrogen) atoms. The van der Waals surface area contributed by atoms with E-state index in [0.717, 1.165) is 11.8 Å². The smallest absolute Gasteiger partial charge is 0.328 e. The zero-order chi connectivity index (χ0) is 15.2. The van der Waals surface area contributed by atoms with Gasteiger partial charge in [0.1, 0.15) is 5.82 Å². The SMILES string of the molecule is CN(Cc1ccccn1)c1ccc(/C=C/C(=O)O)cc1F. The first-order chi connectivity index (χ1) is 10.1. The fourth-order valence-corrected chi connectivity index (χ4v) is 1.92. The molecule has 0 saturated carbocycles. The Balaban J connectivity index is 2.15. The fraction of sp³-hybridized carbons (Fsp3) is 0.125. The third-order valence-corrected chi connectivity index (χ3v) is 2.93. The Bertz CT molecular complexity index is 657. The van der Waals surface area contributed by atoms with Crippen molar-refractivity contribution >= 4 is 17.7 Å². The van der Waals surface area contributed by atoms with Crippen LogP contribution in [-0.4, -0.2) is 23.1 Å². The summed E-state index contributed by atoms with van der Waals surface area (Å²) in [6, 6.07) is 10.2. The highest BCUT2D eigenvalue weighted by molar-refractivity contribution is 5.85. The fourth-order valence-electron chi connectivity index (χ4n) is 1.92. The van der Waals surface area contributed by atoms with E-state index < -0.39 is 11.8 Å². The topological polar surface area (TPSA) is 53.4 Å². The summed E-state index contributed by atoms with van der Waals surface area (Å²) in [5.74, 6) is -1.47. The summed E-state index contributed by atoms with van der Waals surface area (Å²) < 4.78 is 14.1. The lowest BCUT2D eigenvalue weighted by atomic mass is 10.1. The molecule has 0 aliphatic carbocycles. The van der Waals surface area contributed by atoms with E-state index in [2.05, 4.69) is 4.98 Å². The number of hydrogen-bond acceptors (Lipinski definition) is 3. The standard InChI is InChI=1S/C16H15FN2O2/c1-19(11-13-4-2-3-9-18-13)15-7-5-12(10-14(15)17)6-8-16(20)21/h2-10H,11H2,1H3,(H,20,21)/b8-6+. The number of aliphatic carboxylic acids is 1. The van der Waals surface area contributed by atoms with Crippen LogP contribution in [0.5, 0.6) is 0 Å². The van der Waals surface area contributed by atoms with Crippen LogP contribution in [0, 0.1) is 5.82 Å². The normalized spacial score (nSPS) is 10.8. The molecule has 0 bridgehead atoms. The number of aromatic nitrogens is 1. The quantitative estimate of drug-likeness (QED) is 0.859. The molecule has 4 nitrogen and oxygen atoms in total. The van der Waals surface area contributed by atoms with Crippen molar-refractivity contribution in [3.05, 3.63) is 65.7 Å². The van der Waals surface area contributed by atoms with E-state index in [1.807, 2.05) is 18.2 Å². The molecule has 1 aromatic heterocycles. The summed E-state index contributed by atoms with van der Waals surface area (Å²) in [6.45, 7) is 0.488. The van der Waals surface area contributed by atoms with Gasteiger partial charge in [-0.1, -0.05) is 12.1 Å². The molecule has 2 aromatic rings. The highest BCUT2D eigenvalue weighted by Gasteiger charge is 2.09. The monoisotopic (exact) mass is 286 g/mol. The van der Waals surface area contributed by atoms with Gasteiger partial charge in [-0.15, -0.1) is 0 Å². The maximum absolute atomic E-state index is 14.1. The van der Waals surface area contributed by atoms with Gasteiger partial charge in [0, 0.05) is 19.3 Å². The van der Waals surface area contributed by atoms with E-state index in [-0.39, 0.29) is 0 Å². The van der Waals surface area contributed by atoms with Crippen LogP contribution in [0.25, 0.3) is 6.08 Å². The molecular weight excluding hydrogens is 271 g/mol. The first-order valence-corrected chi connectivity index (χ1v) is 6.38. The van der Waals surface area contributed by atoms with E-state index in [1.165, 1.54) is 12.1 Å². The predicted octanol–water partition coefficient (Wildman–Crippen LogP) is 2.95. The maximum atomic E-state index is 14.1. The van der Waals surface area contributed by atoms with Crippen LogP contribution in [0.2, 0.25) is 0 Å². The molecule has 0 spiro atoms. The second-order valence-corrected chi connectivity index (χ2v) is 4.56. The number of carbonyl (C=O) groups is 1. The minimum absolute atomic E-state index is 0.402. The van der Waals surface area contributed by atoms with Crippen molar-refractivity contribution in [3.63, 3.8) is 0 Å². The Hall–Kier alpha value is -2.69. The van der Waals surface area contributed by atoms with Gasteiger partial charge in [0.15, 0.2) is 0 Å². The van der Waals surface area contributed by atoms with Crippen molar-refractivity contribution in [2.45, 2.75) is 6.54 Å². The number of carboxylic acid groups (broad SMARTS) is 1. The Labute approximate surface area is 122 Å². The number of pyridine rings is 1. The maximum Gasteiger partial charge on any atom is 0.328 e. The molecule has 0 amide bonds. The van der Waals surface area contributed by atoms with Gasteiger partial charge in [-0.05, 0) is 35.9 Å². The predicted molar refractivity (Wildman–Crippen MR) is 79.4 cm³/mol. The van der Waals surface area contributed by atoms with Crippen molar-refractivity contribution < 1.29 is 14.3 Å². The Morgan fingerprint density at radius 1 is 1.38 bits per heavy atom. The Morgan fingerprint density at radius 2 is 2.19 bits per heavy atom. The first-order valence-electron chi connectivity index (χ1n) is 6.38. The first kappa shape index (κ1) is 14.7. The van der Waals surface area contributed by atoms with Crippen LogP contribution in [0.3, 0.4) is 0 Å². The summed E-state index contributed by atoms with van der Waals surface area (Å²) in [7, 11) is 1.78. The number of benzene rings is 1. The van der Waals surface area contributed by atoms with Crippen molar-refractivity contribution in [2.24, 2.45) is 0 Å². The average Bonchev–Trinajstić information content (AvgIpc) is 2.46. The molecule has 5 heteroatoms. The van der Waals surface area contributed by atoms with E-state index in [4.69, 9.17) is 5.11 Å². The van der Waals surface area contributed by atoms with Crippen molar-refractivity contribution in [1.82, 2.24) is 4.98 Å². The van der Waals surface area contributed by atoms with Gasteiger partial charge in [0.05, 0.1) is 17.9 Å². The number of carboxylic acids is 1. The van der Waals surface area contributed by atoms with Crippen molar-refractivity contribution in [1.29, 1.82) is 0 Å². The van der Waals surface area contributed by atoms with Gasteiger partial charge in [-0.25, -0.2) is 9.18 Å². The lowest BCUT2D eigenvalue weighted by Crippen LogP contribution is -2.18. The molecule has 1 aromatic carbocycles. The Kier molecular flexibility index (Phi) is 4.66. The molecule has 0 atom stereocenters. The largest absolute Gasteiger partial charge is 0.478 e. The summed E-state index contributed by atoms with van der Waals surface area (Å²) >= 11 is 0. The van der Waals surface area contributed by atoms with Gasteiger partial charge in [-0.3, -0.25) is 4.98 Å². The lowest BCUT2D eigenvalue weighted by Gasteiger charge is -2.19. The minimum atomic E-state index is -1.06. The zero-order valence-electron chi connectivity index (χ0n) is 11.5.